The lowest BCUT2D eigenvalue weighted by atomic mass is 10.1. The normalized spacial score (nSPS) is 13.2. The Labute approximate surface area is 118 Å². The fourth-order valence-electron chi connectivity index (χ4n) is 1.83. The molecule has 0 aliphatic heterocycles. The Hall–Kier alpha value is -1.33. The fourth-order valence-corrected chi connectivity index (χ4v) is 3.21. The summed E-state index contributed by atoms with van der Waals surface area (Å²) >= 11 is 1.69. The first-order valence-electron chi connectivity index (χ1n) is 5.98. The number of nitrogens with one attached hydrogen (secondary N) is 1. The van der Waals surface area contributed by atoms with Crippen LogP contribution in [0.5, 0.6) is 0 Å². The molecule has 0 aliphatic rings. The summed E-state index contributed by atoms with van der Waals surface area (Å²) in [6, 6.07) is 9.42. The largest absolute Gasteiger partial charge is 0.377 e. The molecule has 102 valence electrons. The fraction of sp³-hybridized carbons (Fsp3) is 0.286. The highest BCUT2D eigenvalue weighted by molar-refractivity contribution is 7.90. The van der Waals surface area contributed by atoms with Crippen molar-refractivity contribution < 1.29 is 8.42 Å². The highest BCUT2D eigenvalue weighted by Crippen LogP contribution is 2.26. The SMILES string of the molecule is Cc1ccc(S(C)(=O)=O)cc1NC(C)c1cccs1. The van der Waals surface area contributed by atoms with E-state index in [9.17, 15) is 8.42 Å². The van der Waals surface area contributed by atoms with E-state index in [2.05, 4.69) is 18.3 Å². The standard InChI is InChI=1S/C14H17NO2S2/c1-10-6-7-12(19(3,16)17)9-13(10)15-11(2)14-5-4-8-18-14/h4-9,11,15H,1-3H3. The summed E-state index contributed by atoms with van der Waals surface area (Å²) in [5.74, 6) is 0. The second kappa shape index (κ2) is 5.35. The third kappa shape index (κ3) is 3.36. The molecule has 0 bridgehead atoms. The van der Waals surface area contributed by atoms with Crippen molar-refractivity contribution in [2.24, 2.45) is 0 Å². The molecular weight excluding hydrogens is 278 g/mol. The molecule has 1 aromatic carbocycles. The minimum Gasteiger partial charge on any atom is -0.377 e. The average Bonchev–Trinajstić information content (AvgIpc) is 2.84. The minimum absolute atomic E-state index is 0.161. The molecule has 1 atom stereocenters. The van der Waals surface area contributed by atoms with Gasteiger partial charge in [-0.3, -0.25) is 0 Å². The summed E-state index contributed by atoms with van der Waals surface area (Å²) in [6.07, 6.45) is 1.23. The summed E-state index contributed by atoms with van der Waals surface area (Å²) < 4.78 is 23.2. The van der Waals surface area contributed by atoms with Crippen molar-refractivity contribution >= 4 is 26.9 Å². The zero-order valence-corrected chi connectivity index (χ0v) is 12.8. The van der Waals surface area contributed by atoms with E-state index in [0.717, 1.165) is 11.3 Å². The zero-order valence-electron chi connectivity index (χ0n) is 11.2. The highest BCUT2D eigenvalue weighted by Gasteiger charge is 2.12. The predicted molar refractivity (Wildman–Crippen MR) is 80.6 cm³/mol. The Morgan fingerprint density at radius 2 is 2.00 bits per heavy atom. The van der Waals surface area contributed by atoms with Gasteiger partial charge in [0.1, 0.15) is 0 Å². The van der Waals surface area contributed by atoms with Crippen molar-refractivity contribution in [2.75, 3.05) is 11.6 Å². The smallest absolute Gasteiger partial charge is 0.175 e. The molecule has 0 saturated carbocycles. The quantitative estimate of drug-likeness (QED) is 0.937. The average molecular weight is 295 g/mol. The van der Waals surface area contributed by atoms with Crippen LogP contribution in [0.15, 0.2) is 40.6 Å². The minimum atomic E-state index is -3.17. The summed E-state index contributed by atoms with van der Waals surface area (Å²) in [7, 11) is -3.17. The first-order chi connectivity index (χ1) is 8.88. The lowest BCUT2D eigenvalue weighted by Gasteiger charge is -2.16. The van der Waals surface area contributed by atoms with Crippen LogP contribution in [0.25, 0.3) is 0 Å². The molecule has 0 aliphatic carbocycles. The Bertz CT molecular complexity index is 661. The van der Waals surface area contributed by atoms with Gasteiger partial charge >= 0.3 is 0 Å². The molecule has 1 N–H and O–H groups in total. The van der Waals surface area contributed by atoms with E-state index < -0.39 is 9.84 Å². The van der Waals surface area contributed by atoms with E-state index in [4.69, 9.17) is 0 Å². The van der Waals surface area contributed by atoms with Crippen molar-refractivity contribution in [1.82, 2.24) is 0 Å². The van der Waals surface area contributed by atoms with E-state index in [1.165, 1.54) is 11.1 Å². The van der Waals surface area contributed by atoms with Gasteiger partial charge in [-0.1, -0.05) is 12.1 Å². The number of benzene rings is 1. The van der Waals surface area contributed by atoms with Crippen molar-refractivity contribution in [3.8, 4) is 0 Å². The molecule has 0 saturated heterocycles. The molecule has 0 radical (unpaired) electrons. The van der Waals surface area contributed by atoms with Gasteiger partial charge < -0.3 is 5.32 Å². The Kier molecular flexibility index (Phi) is 3.96. The molecule has 19 heavy (non-hydrogen) atoms. The molecule has 0 amide bonds. The predicted octanol–water partition coefficient (Wildman–Crippen LogP) is 3.63. The van der Waals surface area contributed by atoms with E-state index >= 15 is 0 Å². The van der Waals surface area contributed by atoms with E-state index in [1.807, 2.05) is 24.4 Å². The summed E-state index contributed by atoms with van der Waals surface area (Å²) in [5, 5.41) is 5.41. The van der Waals surface area contributed by atoms with Gasteiger partial charge in [0.15, 0.2) is 9.84 Å². The van der Waals surface area contributed by atoms with Crippen molar-refractivity contribution in [3.63, 3.8) is 0 Å². The second-order valence-corrected chi connectivity index (χ2v) is 7.63. The molecule has 0 spiro atoms. The zero-order chi connectivity index (χ0) is 14.0. The molecule has 0 fully saturated rings. The topological polar surface area (TPSA) is 46.2 Å². The van der Waals surface area contributed by atoms with Crippen molar-refractivity contribution in [1.29, 1.82) is 0 Å². The van der Waals surface area contributed by atoms with E-state index in [-0.39, 0.29) is 6.04 Å². The number of anilines is 1. The van der Waals surface area contributed by atoms with Gasteiger partial charge in [0, 0.05) is 16.8 Å². The van der Waals surface area contributed by atoms with Crippen molar-refractivity contribution in [2.45, 2.75) is 24.8 Å². The number of hydrogen-bond donors (Lipinski definition) is 1. The Balaban J connectivity index is 2.30. The number of aryl methyl sites for hydroxylation is 1. The van der Waals surface area contributed by atoms with Crippen LogP contribution in [0.2, 0.25) is 0 Å². The lowest BCUT2D eigenvalue weighted by Crippen LogP contribution is -2.07. The van der Waals surface area contributed by atoms with Gasteiger partial charge in [0.2, 0.25) is 0 Å². The molecule has 2 aromatic rings. The van der Waals surface area contributed by atoms with Crippen LogP contribution >= 0.6 is 11.3 Å². The number of rotatable bonds is 4. The first kappa shape index (κ1) is 14.1. The van der Waals surface area contributed by atoms with Crippen LogP contribution in [0.4, 0.5) is 5.69 Å². The maximum Gasteiger partial charge on any atom is 0.175 e. The Morgan fingerprint density at radius 3 is 2.58 bits per heavy atom. The third-order valence-electron chi connectivity index (χ3n) is 2.98. The number of sulfone groups is 1. The number of thiophene rings is 1. The second-order valence-electron chi connectivity index (χ2n) is 4.63. The molecule has 1 heterocycles. The maximum atomic E-state index is 11.6. The Morgan fingerprint density at radius 1 is 1.26 bits per heavy atom. The molecular formula is C14H17NO2S2. The molecule has 5 heteroatoms. The van der Waals surface area contributed by atoms with Gasteiger partial charge in [-0.2, -0.15) is 0 Å². The van der Waals surface area contributed by atoms with Gasteiger partial charge in [-0.15, -0.1) is 11.3 Å². The highest BCUT2D eigenvalue weighted by atomic mass is 32.2. The van der Waals surface area contributed by atoms with Crippen molar-refractivity contribution in [3.05, 3.63) is 46.2 Å². The van der Waals surface area contributed by atoms with Gasteiger partial charge in [0.05, 0.1) is 10.9 Å². The molecule has 2 rings (SSSR count). The van der Waals surface area contributed by atoms with Gasteiger partial charge in [-0.25, -0.2) is 8.42 Å². The molecule has 3 nitrogen and oxygen atoms in total. The molecule has 1 unspecified atom stereocenters. The monoisotopic (exact) mass is 295 g/mol. The third-order valence-corrected chi connectivity index (χ3v) is 5.14. The van der Waals surface area contributed by atoms with Gasteiger partial charge in [0.25, 0.3) is 0 Å². The van der Waals surface area contributed by atoms with Gasteiger partial charge in [-0.05, 0) is 43.0 Å². The van der Waals surface area contributed by atoms with Crippen LogP contribution < -0.4 is 5.32 Å². The van der Waals surface area contributed by atoms with Crippen LogP contribution in [-0.2, 0) is 9.84 Å². The number of hydrogen-bond acceptors (Lipinski definition) is 4. The molecule has 1 aromatic heterocycles. The van der Waals surface area contributed by atoms with E-state index in [0.29, 0.717) is 4.90 Å². The summed E-state index contributed by atoms with van der Waals surface area (Å²) in [5.41, 5.74) is 1.90. The maximum absolute atomic E-state index is 11.6. The summed E-state index contributed by atoms with van der Waals surface area (Å²) in [4.78, 5) is 1.57. The van der Waals surface area contributed by atoms with Crippen LogP contribution in [-0.4, -0.2) is 14.7 Å². The van der Waals surface area contributed by atoms with Crippen LogP contribution in [0, 0.1) is 6.92 Å². The summed E-state index contributed by atoms with van der Waals surface area (Å²) in [6.45, 7) is 4.04. The first-order valence-corrected chi connectivity index (χ1v) is 8.75. The van der Waals surface area contributed by atoms with Crippen LogP contribution in [0.3, 0.4) is 0 Å². The lowest BCUT2D eigenvalue weighted by molar-refractivity contribution is 0.602. The van der Waals surface area contributed by atoms with Crippen LogP contribution in [0.1, 0.15) is 23.4 Å². The van der Waals surface area contributed by atoms with E-state index in [1.54, 1.807) is 23.5 Å².